The van der Waals surface area contributed by atoms with Crippen LogP contribution < -0.4 is 10.5 Å². The molecule has 0 bridgehead atoms. The van der Waals surface area contributed by atoms with Crippen molar-refractivity contribution in [3.05, 3.63) is 35.2 Å². The van der Waals surface area contributed by atoms with E-state index in [2.05, 4.69) is 20.6 Å². The van der Waals surface area contributed by atoms with Crippen molar-refractivity contribution in [3.8, 4) is 5.75 Å². The highest BCUT2D eigenvalue weighted by molar-refractivity contribution is 5.41. The summed E-state index contributed by atoms with van der Waals surface area (Å²) in [5.74, 6) is 1.45. The minimum atomic E-state index is -0.343. The molecule has 0 saturated heterocycles. The SMILES string of the molecule is NC(c1ccc2c(c1)CCO2)c1nn[nH]n1. The van der Waals surface area contributed by atoms with Gasteiger partial charge in [-0.25, -0.2) is 0 Å². The Balaban J connectivity index is 1.95. The molecule has 3 N–H and O–H groups in total. The van der Waals surface area contributed by atoms with Crippen molar-refractivity contribution in [2.75, 3.05) is 6.61 Å². The van der Waals surface area contributed by atoms with Gasteiger partial charge in [0.1, 0.15) is 5.75 Å². The van der Waals surface area contributed by atoms with Gasteiger partial charge in [-0.2, -0.15) is 5.21 Å². The summed E-state index contributed by atoms with van der Waals surface area (Å²) in [7, 11) is 0. The number of hydrogen-bond donors (Lipinski definition) is 2. The highest BCUT2D eigenvalue weighted by Crippen LogP contribution is 2.28. The highest BCUT2D eigenvalue weighted by Gasteiger charge is 2.17. The molecule has 0 amide bonds. The molecule has 6 heteroatoms. The zero-order chi connectivity index (χ0) is 11.0. The molecule has 82 valence electrons. The molecule has 0 saturated carbocycles. The van der Waals surface area contributed by atoms with Crippen LogP contribution in [0.25, 0.3) is 0 Å². The van der Waals surface area contributed by atoms with Crippen LogP contribution in [0, 0.1) is 0 Å². The summed E-state index contributed by atoms with van der Waals surface area (Å²) in [5.41, 5.74) is 8.20. The van der Waals surface area contributed by atoms with Gasteiger partial charge in [0.25, 0.3) is 0 Å². The Morgan fingerprint density at radius 3 is 3.19 bits per heavy atom. The topological polar surface area (TPSA) is 89.7 Å². The molecule has 1 atom stereocenters. The first kappa shape index (κ1) is 9.29. The summed E-state index contributed by atoms with van der Waals surface area (Å²) in [6.07, 6.45) is 0.933. The predicted molar refractivity (Wildman–Crippen MR) is 55.8 cm³/mol. The molecule has 1 aliphatic rings. The van der Waals surface area contributed by atoms with Crippen LogP contribution in [0.4, 0.5) is 0 Å². The van der Waals surface area contributed by atoms with E-state index in [0.717, 1.165) is 24.3 Å². The second-order valence-corrected chi connectivity index (χ2v) is 3.71. The van der Waals surface area contributed by atoms with Gasteiger partial charge < -0.3 is 10.5 Å². The Morgan fingerprint density at radius 1 is 1.44 bits per heavy atom. The van der Waals surface area contributed by atoms with Crippen molar-refractivity contribution in [1.82, 2.24) is 20.6 Å². The summed E-state index contributed by atoms with van der Waals surface area (Å²) in [5, 5.41) is 13.7. The third-order valence-corrected chi connectivity index (χ3v) is 2.71. The van der Waals surface area contributed by atoms with Crippen molar-refractivity contribution in [2.24, 2.45) is 5.73 Å². The van der Waals surface area contributed by atoms with Gasteiger partial charge in [-0.15, -0.1) is 10.2 Å². The average Bonchev–Trinajstić information content (AvgIpc) is 2.98. The molecular formula is C10H11N5O. The van der Waals surface area contributed by atoms with Crippen LogP contribution in [-0.2, 0) is 6.42 Å². The summed E-state index contributed by atoms with van der Waals surface area (Å²) in [4.78, 5) is 0. The van der Waals surface area contributed by atoms with Crippen molar-refractivity contribution in [3.63, 3.8) is 0 Å². The quantitative estimate of drug-likeness (QED) is 0.749. The minimum absolute atomic E-state index is 0.343. The lowest BCUT2D eigenvalue weighted by molar-refractivity contribution is 0.357. The van der Waals surface area contributed by atoms with Gasteiger partial charge in [-0.05, 0) is 23.3 Å². The maximum atomic E-state index is 6.03. The lowest BCUT2D eigenvalue weighted by atomic mass is 10.0. The first-order chi connectivity index (χ1) is 7.84. The van der Waals surface area contributed by atoms with E-state index in [1.807, 2.05) is 18.2 Å². The molecular weight excluding hydrogens is 206 g/mol. The molecule has 2 heterocycles. The monoisotopic (exact) mass is 217 g/mol. The lowest BCUT2D eigenvalue weighted by Crippen LogP contribution is -2.13. The van der Waals surface area contributed by atoms with Crippen molar-refractivity contribution < 1.29 is 4.74 Å². The standard InChI is InChI=1S/C10H11N5O/c11-9(10-12-14-15-13-10)7-1-2-8-6(5-7)3-4-16-8/h1-2,5,9H,3-4,11H2,(H,12,13,14,15). The molecule has 3 rings (SSSR count). The average molecular weight is 217 g/mol. The van der Waals surface area contributed by atoms with Crippen LogP contribution in [0.5, 0.6) is 5.75 Å². The van der Waals surface area contributed by atoms with Crippen LogP contribution in [0.1, 0.15) is 23.0 Å². The van der Waals surface area contributed by atoms with E-state index in [1.165, 1.54) is 5.56 Å². The van der Waals surface area contributed by atoms with Crippen LogP contribution in [0.2, 0.25) is 0 Å². The van der Waals surface area contributed by atoms with E-state index in [1.54, 1.807) is 0 Å². The molecule has 1 aromatic heterocycles. The number of rotatable bonds is 2. The largest absolute Gasteiger partial charge is 0.493 e. The van der Waals surface area contributed by atoms with Gasteiger partial charge >= 0.3 is 0 Å². The highest BCUT2D eigenvalue weighted by atomic mass is 16.5. The third kappa shape index (κ3) is 1.43. The van der Waals surface area contributed by atoms with Gasteiger partial charge in [0, 0.05) is 6.42 Å². The number of tetrazole rings is 1. The van der Waals surface area contributed by atoms with Gasteiger partial charge in [-0.3, -0.25) is 0 Å². The molecule has 0 fully saturated rings. The lowest BCUT2D eigenvalue weighted by Gasteiger charge is -2.08. The minimum Gasteiger partial charge on any atom is -0.493 e. The smallest absolute Gasteiger partial charge is 0.195 e. The Kier molecular flexibility index (Phi) is 2.07. The number of hydrogen-bond acceptors (Lipinski definition) is 5. The van der Waals surface area contributed by atoms with Crippen molar-refractivity contribution in [2.45, 2.75) is 12.5 Å². The van der Waals surface area contributed by atoms with Gasteiger partial charge in [-0.1, -0.05) is 11.3 Å². The number of aromatic nitrogens is 4. The normalized spacial score (nSPS) is 15.6. The maximum Gasteiger partial charge on any atom is 0.195 e. The molecule has 0 spiro atoms. The number of fused-ring (bicyclic) bond motifs is 1. The number of nitrogens with two attached hydrogens (primary N) is 1. The Labute approximate surface area is 91.8 Å². The molecule has 1 aromatic carbocycles. The van der Waals surface area contributed by atoms with Crippen LogP contribution in [0.15, 0.2) is 18.2 Å². The molecule has 16 heavy (non-hydrogen) atoms. The molecule has 2 aromatic rings. The van der Waals surface area contributed by atoms with Gasteiger partial charge in [0.15, 0.2) is 5.82 Å². The maximum absolute atomic E-state index is 6.03. The zero-order valence-corrected chi connectivity index (χ0v) is 8.55. The fraction of sp³-hybridized carbons (Fsp3) is 0.300. The van der Waals surface area contributed by atoms with Crippen LogP contribution in [-0.4, -0.2) is 27.2 Å². The fourth-order valence-electron chi connectivity index (χ4n) is 1.85. The van der Waals surface area contributed by atoms with E-state index in [4.69, 9.17) is 10.5 Å². The fourth-order valence-corrected chi connectivity index (χ4v) is 1.85. The van der Waals surface area contributed by atoms with E-state index in [9.17, 15) is 0 Å². The number of benzene rings is 1. The third-order valence-electron chi connectivity index (χ3n) is 2.71. The summed E-state index contributed by atoms with van der Waals surface area (Å²) in [6.45, 7) is 0.746. The van der Waals surface area contributed by atoms with Crippen molar-refractivity contribution in [1.29, 1.82) is 0 Å². The number of aromatic amines is 1. The molecule has 1 unspecified atom stereocenters. The molecule has 0 aliphatic carbocycles. The van der Waals surface area contributed by atoms with Gasteiger partial charge in [0.05, 0.1) is 12.6 Å². The summed E-state index contributed by atoms with van der Waals surface area (Å²) in [6, 6.07) is 5.58. The molecule has 6 nitrogen and oxygen atoms in total. The second-order valence-electron chi connectivity index (χ2n) is 3.71. The first-order valence-electron chi connectivity index (χ1n) is 5.09. The van der Waals surface area contributed by atoms with E-state index in [0.29, 0.717) is 5.82 Å². The van der Waals surface area contributed by atoms with Crippen molar-refractivity contribution >= 4 is 0 Å². The number of ether oxygens (including phenoxy) is 1. The molecule has 0 radical (unpaired) electrons. The van der Waals surface area contributed by atoms with Gasteiger partial charge in [0.2, 0.25) is 0 Å². The first-order valence-corrected chi connectivity index (χ1v) is 5.09. The Hall–Kier alpha value is -1.95. The second kappa shape index (κ2) is 3.57. The number of nitrogens with zero attached hydrogens (tertiary/aromatic N) is 3. The van der Waals surface area contributed by atoms with E-state index in [-0.39, 0.29) is 6.04 Å². The summed E-state index contributed by atoms with van der Waals surface area (Å²) >= 11 is 0. The number of nitrogens with one attached hydrogen (secondary N) is 1. The van der Waals surface area contributed by atoms with Crippen LogP contribution in [0.3, 0.4) is 0 Å². The zero-order valence-electron chi connectivity index (χ0n) is 8.55. The predicted octanol–water partition coefficient (Wildman–Crippen LogP) is 0.183. The van der Waals surface area contributed by atoms with Crippen LogP contribution >= 0.6 is 0 Å². The number of H-pyrrole nitrogens is 1. The summed E-state index contributed by atoms with van der Waals surface area (Å²) < 4.78 is 5.43. The van der Waals surface area contributed by atoms with E-state index < -0.39 is 0 Å². The Bertz CT molecular complexity index is 496. The molecule has 1 aliphatic heterocycles. The Morgan fingerprint density at radius 2 is 2.38 bits per heavy atom. The van der Waals surface area contributed by atoms with E-state index >= 15 is 0 Å².